The van der Waals surface area contributed by atoms with E-state index in [2.05, 4.69) is 10.6 Å². The van der Waals surface area contributed by atoms with Crippen molar-refractivity contribution >= 4 is 29.0 Å². The lowest BCUT2D eigenvalue weighted by Gasteiger charge is -2.08. The molecule has 2 amide bonds. The highest BCUT2D eigenvalue weighted by atomic mass is 16.2. The molecule has 0 aromatic heterocycles. The molecule has 3 aromatic rings. The van der Waals surface area contributed by atoms with E-state index < -0.39 is 0 Å². The monoisotopic (exact) mass is 358 g/mol. The van der Waals surface area contributed by atoms with Gasteiger partial charge in [0.15, 0.2) is 5.78 Å². The van der Waals surface area contributed by atoms with Crippen LogP contribution in [0.15, 0.2) is 78.9 Å². The molecular formula is C22H18N2O3. The molecule has 0 heterocycles. The molecule has 0 aliphatic carbocycles. The molecule has 0 fully saturated rings. The second kappa shape index (κ2) is 8.10. The Kier molecular flexibility index (Phi) is 5.42. The van der Waals surface area contributed by atoms with Gasteiger partial charge in [-0.3, -0.25) is 14.4 Å². The number of anilines is 2. The second-order valence-electron chi connectivity index (χ2n) is 5.99. The van der Waals surface area contributed by atoms with Crippen LogP contribution in [0.1, 0.15) is 38.0 Å². The van der Waals surface area contributed by atoms with Crippen LogP contribution >= 0.6 is 0 Å². The van der Waals surface area contributed by atoms with Crippen molar-refractivity contribution in [1.29, 1.82) is 0 Å². The molecule has 0 spiro atoms. The second-order valence-corrected chi connectivity index (χ2v) is 5.99. The molecule has 0 saturated heterocycles. The van der Waals surface area contributed by atoms with Crippen molar-refractivity contribution in [3.8, 4) is 0 Å². The first-order valence-electron chi connectivity index (χ1n) is 8.42. The summed E-state index contributed by atoms with van der Waals surface area (Å²) in [6.07, 6.45) is 0. The zero-order valence-electron chi connectivity index (χ0n) is 14.7. The number of hydrogen-bond donors (Lipinski definition) is 2. The molecule has 3 rings (SSSR count). The predicted molar refractivity (Wildman–Crippen MR) is 105 cm³/mol. The van der Waals surface area contributed by atoms with Crippen LogP contribution in [0.2, 0.25) is 0 Å². The Balaban J connectivity index is 1.64. The van der Waals surface area contributed by atoms with Crippen LogP contribution in [0.3, 0.4) is 0 Å². The normalized spacial score (nSPS) is 10.1. The zero-order valence-corrected chi connectivity index (χ0v) is 14.7. The topological polar surface area (TPSA) is 75.3 Å². The van der Waals surface area contributed by atoms with Crippen molar-refractivity contribution in [2.24, 2.45) is 0 Å². The first kappa shape index (κ1) is 18.1. The average Bonchev–Trinajstić information content (AvgIpc) is 2.69. The van der Waals surface area contributed by atoms with Gasteiger partial charge in [-0.1, -0.05) is 18.2 Å². The van der Waals surface area contributed by atoms with Gasteiger partial charge in [-0.2, -0.15) is 0 Å². The Hall–Kier alpha value is -3.73. The Bertz CT molecular complexity index is 963. The van der Waals surface area contributed by atoms with E-state index in [1.807, 2.05) is 18.2 Å². The summed E-state index contributed by atoms with van der Waals surface area (Å²) < 4.78 is 0. The fourth-order valence-corrected chi connectivity index (χ4v) is 2.49. The smallest absolute Gasteiger partial charge is 0.255 e. The summed E-state index contributed by atoms with van der Waals surface area (Å²) in [7, 11) is 0. The van der Waals surface area contributed by atoms with Gasteiger partial charge in [0, 0.05) is 28.1 Å². The van der Waals surface area contributed by atoms with Crippen molar-refractivity contribution in [3.05, 3.63) is 95.6 Å². The molecule has 0 bridgehead atoms. The molecule has 2 N–H and O–H groups in total. The number of rotatable bonds is 5. The molecule has 134 valence electrons. The summed E-state index contributed by atoms with van der Waals surface area (Å²) in [6, 6.07) is 22.2. The minimum atomic E-state index is -0.291. The fraction of sp³-hybridized carbons (Fsp3) is 0.0455. The van der Waals surface area contributed by atoms with Crippen LogP contribution in [0, 0.1) is 0 Å². The number of hydrogen-bond acceptors (Lipinski definition) is 3. The molecule has 0 saturated carbocycles. The van der Waals surface area contributed by atoms with Crippen molar-refractivity contribution in [2.75, 3.05) is 10.6 Å². The molecule has 0 radical (unpaired) electrons. The lowest BCUT2D eigenvalue weighted by atomic mass is 10.1. The van der Waals surface area contributed by atoms with E-state index in [1.165, 1.54) is 6.92 Å². The van der Waals surface area contributed by atoms with E-state index in [9.17, 15) is 14.4 Å². The largest absolute Gasteiger partial charge is 0.322 e. The van der Waals surface area contributed by atoms with E-state index in [-0.39, 0.29) is 17.6 Å². The SMILES string of the molecule is CC(=O)c1ccc(NC(=O)c2ccc(C(=O)Nc3ccccc3)cc2)cc1. The van der Waals surface area contributed by atoms with E-state index in [4.69, 9.17) is 0 Å². The molecule has 5 nitrogen and oxygen atoms in total. The maximum atomic E-state index is 12.3. The summed E-state index contributed by atoms with van der Waals surface area (Å²) in [4.78, 5) is 35.8. The maximum Gasteiger partial charge on any atom is 0.255 e. The number of para-hydroxylation sites is 1. The Morgan fingerprint density at radius 1 is 0.556 bits per heavy atom. The van der Waals surface area contributed by atoms with E-state index in [0.29, 0.717) is 28.1 Å². The van der Waals surface area contributed by atoms with Crippen LogP contribution in [0.25, 0.3) is 0 Å². The highest BCUT2D eigenvalue weighted by Gasteiger charge is 2.10. The maximum absolute atomic E-state index is 12.3. The first-order chi connectivity index (χ1) is 13.0. The summed E-state index contributed by atoms with van der Waals surface area (Å²) in [6.45, 7) is 1.49. The van der Waals surface area contributed by atoms with Gasteiger partial charge in [0.05, 0.1) is 0 Å². The third kappa shape index (κ3) is 4.67. The number of carbonyl (C=O) groups is 3. The number of ketones is 1. The van der Waals surface area contributed by atoms with Gasteiger partial charge in [-0.25, -0.2) is 0 Å². The van der Waals surface area contributed by atoms with Crippen molar-refractivity contribution in [1.82, 2.24) is 0 Å². The van der Waals surface area contributed by atoms with Gasteiger partial charge in [-0.15, -0.1) is 0 Å². The number of carbonyl (C=O) groups excluding carboxylic acids is 3. The predicted octanol–water partition coefficient (Wildman–Crippen LogP) is 4.39. The molecule has 0 aliphatic rings. The van der Waals surface area contributed by atoms with Crippen LogP contribution in [-0.2, 0) is 0 Å². The number of amides is 2. The average molecular weight is 358 g/mol. The van der Waals surface area contributed by atoms with Gasteiger partial charge in [0.25, 0.3) is 11.8 Å². The summed E-state index contributed by atoms with van der Waals surface area (Å²) >= 11 is 0. The molecule has 0 aliphatic heterocycles. The van der Waals surface area contributed by atoms with Gasteiger partial charge < -0.3 is 10.6 Å². The van der Waals surface area contributed by atoms with Crippen molar-refractivity contribution < 1.29 is 14.4 Å². The molecule has 3 aromatic carbocycles. The molecule has 0 atom stereocenters. The first-order valence-corrected chi connectivity index (χ1v) is 8.42. The standard InChI is InChI=1S/C22H18N2O3/c1-15(25)16-11-13-20(14-12-16)24-22(27)18-9-7-17(8-10-18)21(26)23-19-5-3-2-4-6-19/h2-14H,1H3,(H,23,26)(H,24,27). The quantitative estimate of drug-likeness (QED) is 0.664. The highest BCUT2D eigenvalue weighted by Crippen LogP contribution is 2.14. The lowest BCUT2D eigenvalue weighted by molar-refractivity contribution is 0.101. The molecular weight excluding hydrogens is 340 g/mol. The van der Waals surface area contributed by atoms with Crippen LogP contribution in [-0.4, -0.2) is 17.6 Å². The van der Waals surface area contributed by atoms with E-state index >= 15 is 0 Å². The number of nitrogens with one attached hydrogen (secondary N) is 2. The summed E-state index contributed by atoms with van der Waals surface area (Å²) in [5.41, 5.74) is 2.78. The van der Waals surface area contributed by atoms with Gasteiger partial charge in [0.2, 0.25) is 0 Å². The van der Waals surface area contributed by atoms with Crippen LogP contribution in [0.4, 0.5) is 11.4 Å². The summed E-state index contributed by atoms with van der Waals surface area (Å²) in [5, 5.41) is 5.56. The Morgan fingerprint density at radius 2 is 0.963 bits per heavy atom. The van der Waals surface area contributed by atoms with E-state index in [0.717, 1.165) is 0 Å². The van der Waals surface area contributed by atoms with Crippen LogP contribution in [0.5, 0.6) is 0 Å². The minimum absolute atomic E-state index is 0.0303. The Morgan fingerprint density at radius 3 is 1.41 bits per heavy atom. The highest BCUT2D eigenvalue weighted by molar-refractivity contribution is 6.07. The van der Waals surface area contributed by atoms with Gasteiger partial charge in [0.1, 0.15) is 0 Å². The third-order valence-corrected chi connectivity index (χ3v) is 3.99. The Labute approximate surface area is 157 Å². The minimum Gasteiger partial charge on any atom is -0.322 e. The van der Waals surface area contributed by atoms with Crippen LogP contribution < -0.4 is 10.6 Å². The molecule has 0 unspecified atom stereocenters. The number of benzene rings is 3. The zero-order chi connectivity index (χ0) is 19.2. The summed E-state index contributed by atoms with van der Waals surface area (Å²) in [5.74, 6) is -0.564. The number of Topliss-reactive ketones (excluding diaryl/α,β-unsaturated/α-hetero) is 1. The fourth-order valence-electron chi connectivity index (χ4n) is 2.49. The molecule has 5 heteroatoms. The van der Waals surface area contributed by atoms with E-state index in [1.54, 1.807) is 60.7 Å². The van der Waals surface area contributed by atoms with Crippen molar-refractivity contribution in [2.45, 2.75) is 6.92 Å². The lowest BCUT2D eigenvalue weighted by Crippen LogP contribution is -2.14. The van der Waals surface area contributed by atoms with Crippen molar-refractivity contribution in [3.63, 3.8) is 0 Å². The third-order valence-electron chi connectivity index (χ3n) is 3.99. The van der Waals surface area contributed by atoms with Gasteiger partial charge >= 0.3 is 0 Å². The molecule has 27 heavy (non-hydrogen) atoms. The van der Waals surface area contributed by atoms with Gasteiger partial charge in [-0.05, 0) is 67.6 Å².